The molecular formula is C10H13NO4S. The molecule has 1 aromatic carbocycles. The van der Waals surface area contributed by atoms with Crippen molar-refractivity contribution in [2.75, 3.05) is 14.2 Å². The van der Waals surface area contributed by atoms with Crippen LogP contribution in [0.4, 0.5) is 0 Å². The average molecular weight is 243 g/mol. The maximum Gasteiger partial charge on any atom is 0.246 e. The zero-order chi connectivity index (χ0) is 12.2. The molecule has 0 bridgehead atoms. The van der Waals surface area contributed by atoms with E-state index in [-0.39, 0.29) is 0 Å². The SMILES string of the molecule is CNS(=O)(=O)C(OC)C(=O)c1ccccc1. The lowest BCUT2D eigenvalue weighted by molar-refractivity contribution is 0.0776. The van der Waals surface area contributed by atoms with Gasteiger partial charge in [0.2, 0.25) is 21.2 Å². The lowest BCUT2D eigenvalue weighted by Gasteiger charge is -2.13. The van der Waals surface area contributed by atoms with E-state index in [1.807, 2.05) is 0 Å². The van der Waals surface area contributed by atoms with Crippen LogP contribution in [0.2, 0.25) is 0 Å². The third kappa shape index (κ3) is 2.66. The van der Waals surface area contributed by atoms with Gasteiger partial charge in [-0.15, -0.1) is 0 Å². The van der Waals surface area contributed by atoms with Gasteiger partial charge in [-0.2, -0.15) is 0 Å². The van der Waals surface area contributed by atoms with Gasteiger partial charge in [0.25, 0.3) is 0 Å². The van der Waals surface area contributed by atoms with Crippen LogP contribution in [0.1, 0.15) is 10.4 Å². The molecule has 0 heterocycles. The molecule has 0 fully saturated rings. The van der Waals surface area contributed by atoms with Crippen molar-refractivity contribution in [2.24, 2.45) is 0 Å². The quantitative estimate of drug-likeness (QED) is 0.759. The van der Waals surface area contributed by atoms with E-state index in [0.29, 0.717) is 5.56 Å². The molecule has 0 aromatic heterocycles. The minimum absolute atomic E-state index is 0.299. The number of rotatable bonds is 5. The van der Waals surface area contributed by atoms with Crippen molar-refractivity contribution < 1.29 is 17.9 Å². The summed E-state index contributed by atoms with van der Waals surface area (Å²) < 4.78 is 29.8. The van der Waals surface area contributed by atoms with Crippen LogP contribution in [0.3, 0.4) is 0 Å². The van der Waals surface area contributed by atoms with Crippen molar-refractivity contribution >= 4 is 15.8 Å². The summed E-state index contributed by atoms with van der Waals surface area (Å²) in [6.07, 6.45) is 0. The number of ketones is 1. The molecular weight excluding hydrogens is 230 g/mol. The first-order valence-electron chi connectivity index (χ1n) is 4.57. The van der Waals surface area contributed by atoms with Crippen molar-refractivity contribution in [3.63, 3.8) is 0 Å². The highest BCUT2D eigenvalue weighted by Crippen LogP contribution is 2.09. The Morgan fingerprint density at radius 2 is 1.88 bits per heavy atom. The lowest BCUT2D eigenvalue weighted by atomic mass is 10.1. The molecule has 0 saturated carbocycles. The van der Waals surface area contributed by atoms with E-state index < -0.39 is 21.2 Å². The molecule has 5 nitrogen and oxygen atoms in total. The summed E-state index contributed by atoms with van der Waals surface area (Å²) in [4.78, 5) is 11.8. The first kappa shape index (κ1) is 12.8. The van der Waals surface area contributed by atoms with Crippen LogP contribution in [0.25, 0.3) is 0 Å². The number of carbonyl (C=O) groups is 1. The molecule has 1 unspecified atom stereocenters. The molecule has 16 heavy (non-hydrogen) atoms. The Morgan fingerprint density at radius 3 is 2.31 bits per heavy atom. The fourth-order valence-electron chi connectivity index (χ4n) is 1.22. The Balaban J connectivity index is 3.05. The molecule has 0 aliphatic rings. The topological polar surface area (TPSA) is 72.5 Å². The Kier molecular flexibility index (Phi) is 4.17. The van der Waals surface area contributed by atoms with Gasteiger partial charge in [0.1, 0.15) is 0 Å². The van der Waals surface area contributed by atoms with Crippen LogP contribution in [0, 0.1) is 0 Å². The number of hydrogen-bond donors (Lipinski definition) is 1. The van der Waals surface area contributed by atoms with Crippen molar-refractivity contribution in [3.05, 3.63) is 35.9 Å². The maximum absolute atomic E-state index is 11.8. The monoisotopic (exact) mass is 243 g/mol. The summed E-state index contributed by atoms with van der Waals surface area (Å²) in [5.41, 5.74) is -1.21. The second-order valence-corrected chi connectivity index (χ2v) is 4.97. The maximum atomic E-state index is 11.8. The third-order valence-electron chi connectivity index (χ3n) is 2.05. The standard InChI is InChI=1S/C10H13NO4S/c1-11-16(13,14)10(15-2)9(12)8-6-4-3-5-7-8/h3-7,10-11H,1-2H3. The molecule has 6 heteroatoms. The number of methoxy groups -OCH3 is 1. The smallest absolute Gasteiger partial charge is 0.246 e. The van der Waals surface area contributed by atoms with Gasteiger partial charge >= 0.3 is 0 Å². The van der Waals surface area contributed by atoms with Gasteiger partial charge in [-0.1, -0.05) is 30.3 Å². The van der Waals surface area contributed by atoms with Crippen LogP contribution in [0.5, 0.6) is 0 Å². The van der Waals surface area contributed by atoms with E-state index in [0.717, 1.165) is 0 Å². The van der Waals surface area contributed by atoms with E-state index in [4.69, 9.17) is 4.74 Å². The van der Waals surface area contributed by atoms with Gasteiger partial charge in [0.15, 0.2) is 0 Å². The molecule has 1 rings (SSSR count). The number of nitrogens with one attached hydrogen (secondary N) is 1. The highest BCUT2D eigenvalue weighted by molar-refractivity contribution is 7.90. The summed E-state index contributed by atoms with van der Waals surface area (Å²) in [5, 5.41) is 0. The van der Waals surface area contributed by atoms with E-state index in [1.54, 1.807) is 30.3 Å². The number of benzene rings is 1. The molecule has 88 valence electrons. The fraction of sp³-hybridized carbons (Fsp3) is 0.300. The van der Waals surface area contributed by atoms with Gasteiger partial charge in [0, 0.05) is 12.7 Å². The molecule has 0 amide bonds. The minimum atomic E-state index is -3.78. The van der Waals surface area contributed by atoms with Gasteiger partial charge in [-0.05, 0) is 7.05 Å². The molecule has 0 aliphatic carbocycles. The highest BCUT2D eigenvalue weighted by atomic mass is 32.2. The van der Waals surface area contributed by atoms with Crippen LogP contribution in [0.15, 0.2) is 30.3 Å². The Labute approximate surface area is 94.5 Å². The van der Waals surface area contributed by atoms with Crippen LogP contribution < -0.4 is 4.72 Å². The second-order valence-electron chi connectivity index (χ2n) is 3.05. The molecule has 0 spiro atoms. The zero-order valence-electron chi connectivity index (χ0n) is 9.01. The van der Waals surface area contributed by atoms with Crippen molar-refractivity contribution in [1.29, 1.82) is 0 Å². The van der Waals surface area contributed by atoms with Crippen LogP contribution in [-0.4, -0.2) is 33.8 Å². The van der Waals surface area contributed by atoms with Crippen molar-refractivity contribution in [1.82, 2.24) is 4.72 Å². The van der Waals surface area contributed by atoms with Crippen molar-refractivity contribution in [2.45, 2.75) is 5.44 Å². The largest absolute Gasteiger partial charge is 0.357 e. The molecule has 1 aromatic rings. The van der Waals surface area contributed by atoms with Gasteiger partial charge in [-0.3, -0.25) is 4.79 Å². The molecule has 0 aliphatic heterocycles. The summed E-state index contributed by atoms with van der Waals surface area (Å²) in [5.74, 6) is -0.586. The first-order valence-corrected chi connectivity index (χ1v) is 6.12. The number of Topliss-reactive ketones (excluding diaryl/α,β-unsaturated/α-hetero) is 1. The summed E-state index contributed by atoms with van der Waals surface area (Å²) in [7, 11) is -1.36. The number of hydrogen-bond acceptors (Lipinski definition) is 4. The van der Waals surface area contributed by atoms with Crippen LogP contribution >= 0.6 is 0 Å². The number of carbonyl (C=O) groups excluding carboxylic acids is 1. The zero-order valence-corrected chi connectivity index (χ0v) is 9.82. The van der Waals surface area contributed by atoms with E-state index in [9.17, 15) is 13.2 Å². The average Bonchev–Trinajstić information content (AvgIpc) is 2.30. The Morgan fingerprint density at radius 1 is 1.31 bits per heavy atom. The van der Waals surface area contributed by atoms with Gasteiger partial charge < -0.3 is 4.74 Å². The van der Waals surface area contributed by atoms with E-state index >= 15 is 0 Å². The summed E-state index contributed by atoms with van der Waals surface area (Å²) >= 11 is 0. The summed E-state index contributed by atoms with van der Waals surface area (Å²) in [6, 6.07) is 8.14. The first-order chi connectivity index (χ1) is 7.53. The van der Waals surface area contributed by atoms with Crippen LogP contribution in [-0.2, 0) is 14.8 Å². The molecule has 0 saturated heterocycles. The van der Waals surface area contributed by atoms with E-state index in [2.05, 4.69) is 4.72 Å². The number of sulfonamides is 1. The second kappa shape index (κ2) is 5.20. The predicted octanol–water partition coefficient (Wildman–Crippen LogP) is 0.391. The molecule has 0 radical (unpaired) electrons. The summed E-state index contributed by atoms with van der Waals surface area (Å²) in [6.45, 7) is 0. The number of ether oxygens (including phenoxy) is 1. The Bertz CT molecular complexity index is 455. The van der Waals surface area contributed by atoms with Gasteiger partial charge in [-0.25, -0.2) is 13.1 Å². The molecule has 1 atom stereocenters. The normalized spacial score (nSPS) is 13.4. The molecule has 1 N–H and O–H groups in total. The third-order valence-corrected chi connectivity index (χ3v) is 3.59. The fourth-order valence-corrected chi connectivity index (χ4v) is 2.11. The minimum Gasteiger partial charge on any atom is -0.357 e. The van der Waals surface area contributed by atoms with Crippen molar-refractivity contribution in [3.8, 4) is 0 Å². The van der Waals surface area contributed by atoms with E-state index in [1.165, 1.54) is 14.2 Å². The Hall–Kier alpha value is -1.24. The predicted molar refractivity (Wildman–Crippen MR) is 59.5 cm³/mol. The lowest BCUT2D eigenvalue weighted by Crippen LogP contribution is -2.39. The highest BCUT2D eigenvalue weighted by Gasteiger charge is 2.31. The van der Waals surface area contributed by atoms with Gasteiger partial charge in [0.05, 0.1) is 0 Å².